The van der Waals surface area contributed by atoms with Gasteiger partial charge in [-0.3, -0.25) is 4.79 Å². The highest BCUT2D eigenvalue weighted by atomic mass is 32.2. The Bertz CT molecular complexity index is 451. The maximum absolute atomic E-state index is 10.8. The first-order valence-corrected chi connectivity index (χ1v) is 7.17. The van der Waals surface area contributed by atoms with Crippen molar-refractivity contribution in [2.45, 2.75) is 36.5 Å². The van der Waals surface area contributed by atoms with Crippen LogP contribution in [0.4, 0.5) is 0 Å². The van der Waals surface area contributed by atoms with Gasteiger partial charge < -0.3 is 20.3 Å². The first-order valence-electron chi connectivity index (χ1n) is 6.29. The van der Waals surface area contributed by atoms with E-state index in [-0.39, 0.29) is 6.42 Å². The second kappa shape index (κ2) is 7.40. The van der Waals surface area contributed by atoms with E-state index in [2.05, 4.69) is 13.8 Å². The van der Waals surface area contributed by atoms with Crippen molar-refractivity contribution < 1.29 is 19.4 Å². The molecule has 5 nitrogen and oxygen atoms in total. The standard InChI is InChI=1S/C14H21NO4S/c1-8(2)20-9-5-11(18-3)14(12(6-9)19-4)10(15)7-13(16)17/h5-6,8,10H,7,15H2,1-4H3,(H,16,17). The Morgan fingerprint density at radius 2 is 1.80 bits per heavy atom. The molecule has 112 valence electrons. The molecule has 1 rings (SSSR count). The topological polar surface area (TPSA) is 81.8 Å². The van der Waals surface area contributed by atoms with Gasteiger partial charge in [-0.05, 0) is 12.1 Å². The van der Waals surface area contributed by atoms with Crippen molar-refractivity contribution >= 4 is 17.7 Å². The minimum atomic E-state index is -0.956. The molecule has 0 amide bonds. The van der Waals surface area contributed by atoms with Gasteiger partial charge in [-0.15, -0.1) is 11.8 Å². The van der Waals surface area contributed by atoms with Crippen LogP contribution in [0, 0.1) is 0 Å². The molecular weight excluding hydrogens is 278 g/mol. The summed E-state index contributed by atoms with van der Waals surface area (Å²) in [5.41, 5.74) is 6.54. The summed E-state index contributed by atoms with van der Waals surface area (Å²) in [6.45, 7) is 4.18. The lowest BCUT2D eigenvalue weighted by Gasteiger charge is -2.19. The van der Waals surface area contributed by atoms with E-state index in [1.807, 2.05) is 12.1 Å². The molecule has 1 unspecified atom stereocenters. The summed E-state index contributed by atoms with van der Waals surface area (Å²) in [6.07, 6.45) is -0.177. The maximum atomic E-state index is 10.8. The molecule has 1 aromatic rings. The number of aliphatic carboxylic acids is 1. The molecule has 0 aliphatic carbocycles. The van der Waals surface area contributed by atoms with E-state index in [1.165, 1.54) is 14.2 Å². The molecule has 0 fully saturated rings. The zero-order valence-corrected chi connectivity index (χ0v) is 13.0. The SMILES string of the molecule is COc1cc(SC(C)C)cc(OC)c1C(N)CC(=O)O. The number of benzene rings is 1. The Morgan fingerprint density at radius 3 is 2.15 bits per heavy atom. The number of rotatable bonds is 7. The highest BCUT2D eigenvalue weighted by Crippen LogP contribution is 2.39. The summed E-state index contributed by atoms with van der Waals surface area (Å²) in [5.74, 6) is 0.157. The van der Waals surface area contributed by atoms with Gasteiger partial charge in [0.1, 0.15) is 11.5 Å². The van der Waals surface area contributed by atoms with Gasteiger partial charge in [0.25, 0.3) is 0 Å². The molecule has 0 radical (unpaired) electrons. The molecule has 20 heavy (non-hydrogen) atoms. The third-order valence-corrected chi connectivity index (χ3v) is 3.63. The lowest BCUT2D eigenvalue weighted by Crippen LogP contribution is -2.17. The fourth-order valence-electron chi connectivity index (χ4n) is 1.91. The Balaban J connectivity index is 3.24. The van der Waals surface area contributed by atoms with E-state index in [4.69, 9.17) is 20.3 Å². The summed E-state index contributed by atoms with van der Waals surface area (Å²) in [6, 6.07) is 3.06. The van der Waals surface area contributed by atoms with Crippen LogP contribution in [0.1, 0.15) is 31.9 Å². The molecule has 6 heteroatoms. The minimum absolute atomic E-state index is 0.177. The van der Waals surface area contributed by atoms with E-state index < -0.39 is 12.0 Å². The van der Waals surface area contributed by atoms with E-state index in [9.17, 15) is 4.79 Å². The number of thioether (sulfide) groups is 1. The lowest BCUT2D eigenvalue weighted by atomic mass is 10.0. The third kappa shape index (κ3) is 4.31. The van der Waals surface area contributed by atoms with Crippen LogP contribution >= 0.6 is 11.8 Å². The van der Waals surface area contributed by atoms with Gasteiger partial charge in [0.2, 0.25) is 0 Å². The number of ether oxygens (including phenoxy) is 2. The second-order valence-electron chi connectivity index (χ2n) is 4.61. The smallest absolute Gasteiger partial charge is 0.305 e. The van der Waals surface area contributed by atoms with Crippen molar-refractivity contribution in [3.8, 4) is 11.5 Å². The summed E-state index contributed by atoms with van der Waals surface area (Å²) >= 11 is 1.67. The van der Waals surface area contributed by atoms with E-state index in [1.54, 1.807) is 11.8 Å². The number of carbonyl (C=O) groups is 1. The Hall–Kier alpha value is -1.40. The zero-order chi connectivity index (χ0) is 15.3. The summed E-state index contributed by atoms with van der Waals surface area (Å²) < 4.78 is 10.7. The Morgan fingerprint density at radius 1 is 1.30 bits per heavy atom. The van der Waals surface area contributed by atoms with Gasteiger partial charge in [0.15, 0.2) is 0 Å². The van der Waals surface area contributed by atoms with Gasteiger partial charge in [0.05, 0.1) is 26.2 Å². The molecule has 1 aromatic carbocycles. The second-order valence-corrected chi connectivity index (χ2v) is 6.26. The molecule has 3 N–H and O–H groups in total. The molecule has 0 saturated heterocycles. The fourth-order valence-corrected chi connectivity index (χ4v) is 2.81. The first kappa shape index (κ1) is 16.7. The van der Waals surface area contributed by atoms with Gasteiger partial charge in [-0.25, -0.2) is 0 Å². The maximum Gasteiger partial charge on any atom is 0.305 e. The van der Waals surface area contributed by atoms with Crippen molar-refractivity contribution in [2.75, 3.05) is 14.2 Å². The third-order valence-electron chi connectivity index (χ3n) is 2.65. The van der Waals surface area contributed by atoms with Gasteiger partial charge >= 0.3 is 5.97 Å². The lowest BCUT2D eigenvalue weighted by molar-refractivity contribution is -0.137. The van der Waals surface area contributed by atoms with Crippen LogP contribution in [0.3, 0.4) is 0 Å². The zero-order valence-electron chi connectivity index (χ0n) is 12.2. The highest BCUT2D eigenvalue weighted by Gasteiger charge is 2.21. The quantitative estimate of drug-likeness (QED) is 0.753. The molecule has 0 heterocycles. The van der Waals surface area contributed by atoms with Gasteiger partial charge in [-0.1, -0.05) is 13.8 Å². The van der Waals surface area contributed by atoms with Crippen LogP contribution in [-0.4, -0.2) is 30.5 Å². The van der Waals surface area contributed by atoms with Crippen molar-refractivity contribution in [1.29, 1.82) is 0 Å². The molecule has 0 aromatic heterocycles. The number of methoxy groups -OCH3 is 2. The van der Waals surface area contributed by atoms with Crippen LogP contribution in [0.25, 0.3) is 0 Å². The number of carboxylic acids is 1. The number of carboxylic acid groups (broad SMARTS) is 1. The van der Waals surface area contributed by atoms with Crippen LogP contribution in [-0.2, 0) is 4.79 Å². The van der Waals surface area contributed by atoms with E-state index >= 15 is 0 Å². The first-order chi connectivity index (χ1) is 9.38. The van der Waals surface area contributed by atoms with Gasteiger partial charge in [0, 0.05) is 16.2 Å². The normalized spacial score (nSPS) is 12.3. The van der Waals surface area contributed by atoms with Crippen molar-refractivity contribution in [1.82, 2.24) is 0 Å². The van der Waals surface area contributed by atoms with E-state index in [0.29, 0.717) is 22.3 Å². The molecule has 0 aliphatic heterocycles. The molecule has 0 saturated carbocycles. The average Bonchev–Trinajstić information content (AvgIpc) is 2.35. The highest BCUT2D eigenvalue weighted by molar-refractivity contribution is 7.99. The molecule has 0 aliphatic rings. The minimum Gasteiger partial charge on any atom is -0.496 e. The van der Waals surface area contributed by atoms with Crippen molar-refractivity contribution in [3.63, 3.8) is 0 Å². The number of hydrogen-bond donors (Lipinski definition) is 2. The Labute approximate surface area is 123 Å². The predicted molar refractivity (Wildman–Crippen MR) is 79.7 cm³/mol. The van der Waals surface area contributed by atoms with Crippen LogP contribution < -0.4 is 15.2 Å². The number of hydrogen-bond acceptors (Lipinski definition) is 5. The molecule has 0 bridgehead atoms. The largest absolute Gasteiger partial charge is 0.496 e. The number of nitrogens with two attached hydrogens (primary N) is 1. The van der Waals surface area contributed by atoms with Crippen molar-refractivity contribution in [3.05, 3.63) is 17.7 Å². The summed E-state index contributed by atoms with van der Waals surface area (Å²) in [4.78, 5) is 11.8. The average molecular weight is 299 g/mol. The predicted octanol–water partition coefficient (Wildman–Crippen LogP) is 2.68. The van der Waals surface area contributed by atoms with Crippen molar-refractivity contribution in [2.24, 2.45) is 5.73 Å². The van der Waals surface area contributed by atoms with Crippen LogP contribution in [0.2, 0.25) is 0 Å². The van der Waals surface area contributed by atoms with Crippen LogP contribution in [0.5, 0.6) is 11.5 Å². The monoisotopic (exact) mass is 299 g/mol. The van der Waals surface area contributed by atoms with E-state index in [0.717, 1.165) is 4.90 Å². The fraction of sp³-hybridized carbons (Fsp3) is 0.500. The Kier molecular flexibility index (Phi) is 6.16. The van der Waals surface area contributed by atoms with Gasteiger partial charge in [-0.2, -0.15) is 0 Å². The molecular formula is C14H21NO4S. The molecule has 1 atom stereocenters. The summed E-state index contributed by atoms with van der Waals surface area (Å²) in [7, 11) is 3.07. The molecule has 0 spiro atoms. The van der Waals surface area contributed by atoms with Crippen LogP contribution in [0.15, 0.2) is 17.0 Å². The summed E-state index contributed by atoms with van der Waals surface area (Å²) in [5, 5.41) is 9.30.